The van der Waals surface area contributed by atoms with Crippen LogP contribution in [0, 0.1) is 12.8 Å². The molecule has 1 aromatic carbocycles. The molecule has 2 bridgehead atoms. The molecule has 0 saturated carbocycles. The highest BCUT2D eigenvalue weighted by molar-refractivity contribution is 5.58. The average Bonchev–Trinajstić information content (AvgIpc) is 2.71. The third kappa shape index (κ3) is 4.68. The zero-order valence-electron chi connectivity index (χ0n) is 17.4. The molecule has 3 aliphatic rings. The number of rotatable bonds is 8. The summed E-state index contributed by atoms with van der Waals surface area (Å²) in [6.07, 6.45) is 10.5. The molecular formula is C24H33N3O. The number of ether oxygens (including phenoxy) is 1. The van der Waals surface area contributed by atoms with Crippen LogP contribution in [0.25, 0.3) is 0 Å². The van der Waals surface area contributed by atoms with E-state index in [-0.39, 0.29) is 0 Å². The number of allylic oxidation sites excluding steroid dienone is 3. The zero-order valence-corrected chi connectivity index (χ0v) is 17.4. The lowest BCUT2D eigenvalue weighted by molar-refractivity contribution is 0.0777. The van der Waals surface area contributed by atoms with E-state index in [0.717, 1.165) is 35.2 Å². The Hall–Kier alpha value is -2.46. The van der Waals surface area contributed by atoms with Gasteiger partial charge in [-0.2, -0.15) is 0 Å². The van der Waals surface area contributed by atoms with Gasteiger partial charge in [0, 0.05) is 42.8 Å². The Balaban J connectivity index is 1.77. The Bertz CT molecular complexity index is 772. The van der Waals surface area contributed by atoms with Crippen LogP contribution < -0.4 is 15.0 Å². The Labute approximate surface area is 169 Å². The SMILES string of the molecule is C=C/C=C\C(=C/N(C)c1ccc(OC)cc1C)C(=C)NC1CN2CCC1CC2. The minimum absolute atomic E-state index is 0.489. The van der Waals surface area contributed by atoms with Crippen LogP contribution in [-0.4, -0.2) is 44.7 Å². The van der Waals surface area contributed by atoms with Crippen molar-refractivity contribution in [1.82, 2.24) is 10.2 Å². The molecule has 1 aromatic rings. The van der Waals surface area contributed by atoms with Crippen LogP contribution in [0.5, 0.6) is 5.75 Å². The maximum absolute atomic E-state index is 5.33. The van der Waals surface area contributed by atoms with Gasteiger partial charge < -0.3 is 19.9 Å². The fourth-order valence-corrected chi connectivity index (χ4v) is 4.26. The van der Waals surface area contributed by atoms with Gasteiger partial charge in [-0.05, 0) is 62.5 Å². The van der Waals surface area contributed by atoms with Gasteiger partial charge >= 0.3 is 0 Å². The molecule has 28 heavy (non-hydrogen) atoms. The number of hydrogen-bond donors (Lipinski definition) is 1. The number of anilines is 1. The third-order valence-corrected chi connectivity index (χ3v) is 5.89. The van der Waals surface area contributed by atoms with Gasteiger partial charge in [-0.3, -0.25) is 0 Å². The topological polar surface area (TPSA) is 27.7 Å². The predicted octanol–water partition coefficient (Wildman–Crippen LogP) is 4.26. The highest BCUT2D eigenvalue weighted by Crippen LogP contribution is 2.29. The summed E-state index contributed by atoms with van der Waals surface area (Å²) in [6.45, 7) is 13.9. The van der Waals surface area contributed by atoms with Crippen LogP contribution >= 0.6 is 0 Å². The largest absolute Gasteiger partial charge is 0.497 e. The number of methoxy groups -OCH3 is 1. The highest BCUT2D eigenvalue weighted by Gasteiger charge is 2.34. The maximum Gasteiger partial charge on any atom is 0.119 e. The van der Waals surface area contributed by atoms with E-state index in [2.05, 4.69) is 66.7 Å². The molecule has 3 fully saturated rings. The predicted molar refractivity (Wildman–Crippen MR) is 119 cm³/mol. The highest BCUT2D eigenvalue weighted by atomic mass is 16.5. The minimum Gasteiger partial charge on any atom is -0.497 e. The van der Waals surface area contributed by atoms with Gasteiger partial charge in [0.1, 0.15) is 5.75 Å². The van der Waals surface area contributed by atoms with E-state index in [4.69, 9.17) is 4.74 Å². The summed E-state index contributed by atoms with van der Waals surface area (Å²) in [6, 6.07) is 6.62. The number of aryl methyl sites for hydroxylation is 1. The van der Waals surface area contributed by atoms with Crippen LogP contribution in [0.15, 0.2) is 67.1 Å². The van der Waals surface area contributed by atoms with Crippen molar-refractivity contribution in [2.45, 2.75) is 25.8 Å². The molecule has 0 aromatic heterocycles. The summed E-state index contributed by atoms with van der Waals surface area (Å²) in [5.74, 6) is 1.63. The van der Waals surface area contributed by atoms with Gasteiger partial charge in [-0.25, -0.2) is 0 Å². The van der Waals surface area contributed by atoms with Crippen molar-refractivity contribution in [1.29, 1.82) is 0 Å². The molecule has 150 valence electrons. The van der Waals surface area contributed by atoms with Gasteiger partial charge in [-0.15, -0.1) is 0 Å². The van der Waals surface area contributed by atoms with Crippen molar-refractivity contribution < 1.29 is 4.74 Å². The fourth-order valence-electron chi connectivity index (χ4n) is 4.26. The van der Waals surface area contributed by atoms with Crippen molar-refractivity contribution in [3.63, 3.8) is 0 Å². The summed E-state index contributed by atoms with van der Waals surface area (Å²) >= 11 is 0. The van der Waals surface area contributed by atoms with Crippen LogP contribution in [-0.2, 0) is 0 Å². The van der Waals surface area contributed by atoms with E-state index in [1.165, 1.54) is 31.5 Å². The van der Waals surface area contributed by atoms with Gasteiger partial charge in [-0.1, -0.05) is 31.4 Å². The van der Waals surface area contributed by atoms with E-state index < -0.39 is 0 Å². The summed E-state index contributed by atoms with van der Waals surface area (Å²) in [5.41, 5.74) is 4.34. The standard InChI is InChI=1S/C24H33N3O/c1-6-7-8-21(16-26(4)24-10-9-22(28-5)15-18(24)2)19(3)25-23-17-27-13-11-20(23)12-14-27/h6-10,15-16,20,23,25H,1,3,11-14,17H2,2,4-5H3/b8-7-,21-16+. The number of hydrogen-bond acceptors (Lipinski definition) is 4. The smallest absolute Gasteiger partial charge is 0.119 e. The molecule has 1 N–H and O–H groups in total. The summed E-state index contributed by atoms with van der Waals surface area (Å²) in [4.78, 5) is 4.70. The second-order valence-electron chi connectivity index (χ2n) is 7.81. The second kappa shape index (κ2) is 9.16. The Morgan fingerprint density at radius 2 is 2.07 bits per heavy atom. The first-order valence-corrected chi connectivity index (χ1v) is 10.1. The van der Waals surface area contributed by atoms with E-state index in [0.29, 0.717) is 6.04 Å². The van der Waals surface area contributed by atoms with Gasteiger partial charge in [0.2, 0.25) is 0 Å². The molecule has 0 radical (unpaired) electrons. The average molecular weight is 380 g/mol. The Morgan fingerprint density at radius 3 is 2.64 bits per heavy atom. The van der Waals surface area contributed by atoms with Crippen LogP contribution in [0.4, 0.5) is 5.69 Å². The van der Waals surface area contributed by atoms with Crippen molar-refractivity contribution >= 4 is 5.69 Å². The lowest BCUT2D eigenvalue weighted by Gasteiger charge is -2.45. The zero-order chi connectivity index (χ0) is 20.1. The normalized spacial score (nSPS) is 24.2. The van der Waals surface area contributed by atoms with Crippen molar-refractivity contribution in [2.75, 3.05) is 38.7 Å². The molecule has 1 atom stereocenters. The summed E-state index contributed by atoms with van der Waals surface area (Å²) in [7, 11) is 3.76. The molecule has 4 rings (SSSR count). The maximum atomic E-state index is 5.33. The molecule has 4 nitrogen and oxygen atoms in total. The molecule has 0 aliphatic carbocycles. The number of benzene rings is 1. The van der Waals surface area contributed by atoms with Crippen molar-refractivity contribution in [3.8, 4) is 5.75 Å². The van der Waals surface area contributed by atoms with Crippen LogP contribution in [0.2, 0.25) is 0 Å². The molecule has 0 amide bonds. The molecule has 4 heteroatoms. The summed E-state index contributed by atoms with van der Waals surface area (Å²) < 4.78 is 5.33. The summed E-state index contributed by atoms with van der Waals surface area (Å²) in [5, 5.41) is 3.71. The molecule has 0 spiro atoms. The molecule has 1 unspecified atom stereocenters. The second-order valence-corrected chi connectivity index (χ2v) is 7.81. The molecule has 3 aliphatic heterocycles. The van der Waals surface area contributed by atoms with E-state index >= 15 is 0 Å². The molecular weight excluding hydrogens is 346 g/mol. The number of piperidine rings is 3. The first-order chi connectivity index (χ1) is 13.5. The Morgan fingerprint density at radius 1 is 1.32 bits per heavy atom. The number of nitrogens with one attached hydrogen (secondary N) is 1. The van der Waals surface area contributed by atoms with Crippen molar-refractivity contribution in [3.05, 3.63) is 72.6 Å². The van der Waals surface area contributed by atoms with Crippen molar-refractivity contribution in [2.24, 2.45) is 5.92 Å². The molecule has 3 heterocycles. The lowest BCUT2D eigenvalue weighted by Crippen LogP contribution is -2.55. The monoisotopic (exact) mass is 379 g/mol. The van der Waals surface area contributed by atoms with Crippen LogP contribution in [0.1, 0.15) is 18.4 Å². The lowest BCUT2D eigenvalue weighted by atomic mass is 9.84. The quantitative estimate of drug-likeness (QED) is 0.683. The third-order valence-electron chi connectivity index (χ3n) is 5.89. The van der Waals surface area contributed by atoms with Gasteiger partial charge in [0.05, 0.1) is 7.11 Å². The fraction of sp³-hybridized carbons (Fsp3) is 0.417. The van der Waals surface area contributed by atoms with Crippen LogP contribution in [0.3, 0.4) is 0 Å². The minimum atomic E-state index is 0.489. The number of fused-ring (bicyclic) bond motifs is 3. The van der Waals surface area contributed by atoms with Gasteiger partial charge in [0.15, 0.2) is 0 Å². The Kier molecular flexibility index (Phi) is 6.63. The first kappa shape index (κ1) is 20.3. The first-order valence-electron chi connectivity index (χ1n) is 10.1. The van der Waals surface area contributed by atoms with E-state index in [1.54, 1.807) is 13.2 Å². The molecule has 3 saturated heterocycles. The van der Waals surface area contributed by atoms with E-state index in [1.807, 2.05) is 12.1 Å². The van der Waals surface area contributed by atoms with Gasteiger partial charge in [0.25, 0.3) is 0 Å². The van der Waals surface area contributed by atoms with E-state index in [9.17, 15) is 0 Å². The number of nitrogens with zero attached hydrogens (tertiary/aromatic N) is 2.